The predicted molar refractivity (Wildman–Crippen MR) is 73.7 cm³/mol. The van der Waals surface area contributed by atoms with Gasteiger partial charge >= 0.3 is 0 Å². The summed E-state index contributed by atoms with van der Waals surface area (Å²) in [5.74, 6) is 0.489. The van der Waals surface area contributed by atoms with E-state index < -0.39 is 0 Å². The van der Waals surface area contributed by atoms with Gasteiger partial charge in [-0.25, -0.2) is 0 Å². The highest BCUT2D eigenvalue weighted by Crippen LogP contribution is 2.23. The van der Waals surface area contributed by atoms with E-state index in [2.05, 4.69) is 12.0 Å². The summed E-state index contributed by atoms with van der Waals surface area (Å²) in [4.78, 5) is 12.7. The number of carbonyl (C=O) groups is 1. The van der Waals surface area contributed by atoms with E-state index in [-0.39, 0.29) is 5.78 Å². The molecule has 0 atom stereocenters. The maximum atomic E-state index is 12.7. The van der Waals surface area contributed by atoms with Crippen molar-refractivity contribution < 1.29 is 9.53 Å². The van der Waals surface area contributed by atoms with E-state index >= 15 is 0 Å². The van der Waals surface area contributed by atoms with Crippen molar-refractivity contribution in [3.8, 4) is 5.75 Å². The Hall–Kier alpha value is -2.10. The standard InChI is InChI=1S/C15H18N2O2/c1-4-9-17-14(13(19-3)10-16-17)15(18)12-8-6-5-7-11(12)2/h5-8,10H,4,9H2,1-3H3. The second-order valence-corrected chi connectivity index (χ2v) is 4.43. The highest BCUT2D eigenvalue weighted by Gasteiger charge is 2.21. The first-order chi connectivity index (χ1) is 9.19. The van der Waals surface area contributed by atoms with Crippen molar-refractivity contribution in [1.29, 1.82) is 0 Å². The smallest absolute Gasteiger partial charge is 0.215 e. The molecule has 0 radical (unpaired) electrons. The highest BCUT2D eigenvalue weighted by molar-refractivity contribution is 6.10. The summed E-state index contributed by atoms with van der Waals surface area (Å²) < 4.78 is 6.97. The lowest BCUT2D eigenvalue weighted by molar-refractivity contribution is 0.102. The normalized spacial score (nSPS) is 10.5. The van der Waals surface area contributed by atoms with Crippen LogP contribution in [0.15, 0.2) is 30.5 Å². The van der Waals surface area contributed by atoms with Crippen LogP contribution in [0, 0.1) is 6.92 Å². The van der Waals surface area contributed by atoms with Gasteiger partial charge in [-0.1, -0.05) is 31.2 Å². The van der Waals surface area contributed by atoms with Gasteiger partial charge in [0.25, 0.3) is 0 Å². The fourth-order valence-corrected chi connectivity index (χ4v) is 2.08. The van der Waals surface area contributed by atoms with Gasteiger partial charge in [-0.3, -0.25) is 9.48 Å². The van der Waals surface area contributed by atoms with Crippen LogP contribution in [0.5, 0.6) is 5.75 Å². The zero-order chi connectivity index (χ0) is 13.8. The van der Waals surface area contributed by atoms with E-state index in [1.54, 1.807) is 18.0 Å². The number of ether oxygens (including phenoxy) is 1. The van der Waals surface area contributed by atoms with E-state index in [9.17, 15) is 4.79 Å². The molecule has 0 spiro atoms. The molecular formula is C15H18N2O2. The van der Waals surface area contributed by atoms with Gasteiger partial charge in [-0.2, -0.15) is 5.10 Å². The SMILES string of the molecule is CCCn1ncc(OC)c1C(=O)c1ccccc1C. The number of ketones is 1. The van der Waals surface area contributed by atoms with Gasteiger partial charge < -0.3 is 4.74 Å². The first-order valence-electron chi connectivity index (χ1n) is 6.39. The van der Waals surface area contributed by atoms with E-state index in [1.165, 1.54) is 0 Å². The van der Waals surface area contributed by atoms with E-state index in [0.717, 1.165) is 12.0 Å². The summed E-state index contributed by atoms with van der Waals surface area (Å²) in [6, 6.07) is 7.56. The molecule has 4 heteroatoms. The Morgan fingerprint density at radius 3 is 2.74 bits per heavy atom. The van der Waals surface area contributed by atoms with Gasteiger partial charge in [0, 0.05) is 12.1 Å². The van der Waals surface area contributed by atoms with Crippen molar-refractivity contribution in [2.75, 3.05) is 7.11 Å². The number of benzene rings is 1. The van der Waals surface area contributed by atoms with Crippen molar-refractivity contribution in [2.24, 2.45) is 0 Å². The first kappa shape index (κ1) is 13.3. The zero-order valence-corrected chi connectivity index (χ0v) is 11.5. The molecule has 1 aromatic carbocycles. The molecule has 0 aliphatic heterocycles. The monoisotopic (exact) mass is 258 g/mol. The van der Waals surface area contributed by atoms with Crippen LogP contribution in [-0.2, 0) is 6.54 Å². The Morgan fingerprint density at radius 1 is 1.37 bits per heavy atom. The summed E-state index contributed by atoms with van der Waals surface area (Å²) in [5, 5.41) is 4.22. The molecule has 0 unspecified atom stereocenters. The molecule has 2 aromatic rings. The van der Waals surface area contributed by atoms with Crippen molar-refractivity contribution >= 4 is 5.78 Å². The number of rotatable bonds is 5. The third-order valence-corrected chi connectivity index (χ3v) is 3.07. The van der Waals surface area contributed by atoms with E-state index in [0.29, 0.717) is 23.6 Å². The van der Waals surface area contributed by atoms with Crippen LogP contribution >= 0.6 is 0 Å². The fraction of sp³-hybridized carbons (Fsp3) is 0.333. The number of aromatic nitrogens is 2. The predicted octanol–water partition coefficient (Wildman–Crippen LogP) is 2.84. The largest absolute Gasteiger partial charge is 0.493 e. The molecule has 0 N–H and O–H groups in total. The van der Waals surface area contributed by atoms with Crippen molar-refractivity contribution in [3.05, 3.63) is 47.3 Å². The molecular weight excluding hydrogens is 240 g/mol. The maximum absolute atomic E-state index is 12.7. The summed E-state index contributed by atoms with van der Waals surface area (Å²) >= 11 is 0. The minimum absolute atomic E-state index is 0.0408. The van der Waals surface area contributed by atoms with Crippen molar-refractivity contribution in [3.63, 3.8) is 0 Å². The maximum Gasteiger partial charge on any atom is 0.215 e. The average Bonchev–Trinajstić information content (AvgIpc) is 2.82. The lowest BCUT2D eigenvalue weighted by atomic mass is 10.0. The number of carbonyl (C=O) groups excluding carboxylic acids is 1. The van der Waals surface area contributed by atoms with Gasteiger partial charge in [0.1, 0.15) is 0 Å². The molecule has 0 aliphatic carbocycles. The van der Waals surface area contributed by atoms with E-state index in [4.69, 9.17) is 4.74 Å². The molecule has 0 saturated heterocycles. The topological polar surface area (TPSA) is 44.1 Å². The molecule has 0 bridgehead atoms. The quantitative estimate of drug-likeness (QED) is 0.775. The summed E-state index contributed by atoms with van der Waals surface area (Å²) in [6.07, 6.45) is 2.51. The molecule has 100 valence electrons. The number of hydrogen-bond acceptors (Lipinski definition) is 3. The lowest BCUT2D eigenvalue weighted by Gasteiger charge is -2.09. The molecule has 0 aliphatic rings. The van der Waals surface area contributed by atoms with Crippen LogP contribution in [0.4, 0.5) is 0 Å². The molecule has 0 fully saturated rings. The van der Waals surface area contributed by atoms with Crippen molar-refractivity contribution in [2.45, 2.75) is 26.8 Å². The fourth-order valence-electron chi connectivity index (χ4n) is 2.08. The second-order valence-electron chi connectivity index (χ2n) is 4.43. The van der Waals surface area contributed by atoms with Gasteiger partial charge in [0.2, 0.25) is 5.78 Å². The first-order valence-corrected chi connectivity index (χ1v) is 6.39. The Morgan fingerprint density at radius 2 is 2.11 bits per heavy atom. The molecule has 0 saturated carbocycles. The van der Waals surface area contributed by atoms with Gasteiger partial charge in [-0.15, -0.1) is 0 Å². The minimum atomic E-state index is -0.0408. The molecule has 2 rings (SSSR count). The zero-order valence-electron chi connectivity index (χ0n) is 11.5. The van der Waals surface area contributed by atoms with Crippen LogP contribution in [0.3, 0.4) is 0 Å². The summed E-state index contributed by atoms with van der Waals surface area (Å²) in [6.45, 7) is 4.69. The number of aryl methyl sites for hydroxylation is 2. The molecule has 1 heterocycles. The Bertz CT molecular complexity index is 588. The van der Waals surface area contributed by atoms with Gasteiger partial charge in [-0.05, 0) is 18.9 Å². The molecule has 0 amide bonds. The van der Waals surface area contributed by atoms with E-state index in [1.807, 2.05) is 31.2 Å². The number of nitrogens with zero attached hydrogens (tertiary/aromatic N) is 2. The van der Waals surface area contributed by atoms with Crippen molar-refractivity contribution in [1.82, 2.24) is 9.78 Å². The number of hydrogen-bond donors (Lipinski definition) is 0. The van der Waals surface area contributed by atoms with Crippen LogP contribution in [0.25, 0.3) is 0 Å². The minimum Gasteiger partial charge on any atom is -0.493 e. The van der Waals surface area contributed by atoms with Gasteiger partial charge in [0.15, 0.2) is 11.4 Å². The highest BCUT2D eigenvalue weighted by atomic mass is 16.5. The number of methoxy groups -OCH3 is 1. The third kappa shape index (κ3) is 2.52. The average molecular weight is 258 g/mol. The summed E-state index contributed by atoms with van der Waals surface area (Å²) in [5.41, 5.74) is 2.18. The molecule has 19 heavy (non-hydrogen) atoms. The van der Waals surface area contributed by atoms with Crippen LogP contribution in [-0.4, -0.2) is 22.7 Å². The third-order valence-electron chi connectivity index (χ3n) is 3.07. The Balaban J connectivity index is 2.48. The molecule has 4 nitrogen and oxygen atoms in total. The Labute approximate surface area is 113 Å². The van der Waals surface area contributed by atoms with Crippen LogP contribution in [0.2, 0.25) is 0 Å². The summed E-state index contributed by atoms with van der Waals surface area (Å²) in [7, 11) is 1.56. The van der Waals surface area contributed by atoms with Crippen LogP contribution < -0.4 is 4.74 Å². The Kier molecular flexibility index (Phi) is 4.00. The lowest BCUT2D eigenvalue weighted by Crippen LogP contribution is -2.13. The van der Waals surface area contributed by atoms with Crippen LogP contribution in [0.1, 0.15) is 35.0 Å². The molecule has 1 aromatic heterocycles. The second kappa shape index (κ2) is 5.69. The van der Waals surface area contributed by atoms with Gasteiger partial charge in [0.05, 0.1) is 13.3 Å².